The Morgan fingerprint density at radius 1 is 1.58 bits per heavy atom. The third-order valence-electron chi connectivity index (χ3n) is 3.28. The number of amides is 1. The number of rotatable bonds is 4. The van der Waals surface area contributed by atoms with Crippen LogP contribution in [0.2, 0.25) is 0 Å². The highest BCUT2D eigenvalue weighted by molar-refractivity contribution is 5.93. The fourth-order valence-corrected chi connectivity index (χ4v) is 2.28. The van der Waals surface area contributed by atoms with Crippen molar-refractivity contribution in [2.45, 2.75) is 31.4 Å². The number of carbonyl (C=O) groups excluding carboxylic acids is 1. The molecule has 2 rings (SSSR count). The molecule has 0 unspecified atom stereocenters. The molecule has 1 aliphatic carbocycles. The first kappa shape index (κ1) is 13.7. The Labute approximate surface area is 109 Å². The average molecular weight is 269 g/mol. The molecular weight excluding hydrogens is 253 g/mol. The second-order valence-corrected chi connectivity index (χ2v) is 4.45. The second kappa shape index (κ2) is 5.94. The summed E-state index contributed by atoms with van der Waals surface area (Å²) in [5, 5.41) is 11.5. The minimum Gasteiger partial charge on any atom is -0.379 e. The quantitative estimate of drug-likeness (QED) is 0.567. The van der Waals surface area contributed by atoms with Crippen molar-refractivity contribution in [1.29, 1.82) is 0 Å². The number of nitrogens with one attached hydrogen (secondary N) is 2. The van der Waals surface area contributed by atoms with E-state index in [1.807, 2.05) is 0 Å². The molecule has 6 nitrogen and oxygen atoms in total. The average Bonchev–Trinajstić information content (AvgIpc) is 2.87. The Kier molecular flexibility index (Phi) is 4.28. The highest BCUT2D eigenvalue weighted by Crippen LogP contribution is 2.25. The van der Waals surface area contributed by atoms with Crippen molar-refractivity contribution in [1.82, 2.24) is 10.5 Å². The maximum Gasteiger partial charge on any atom is 0.276 e. The van der Waals surface area contributed by atoms with Crippen molar-refractivity contribution in [3.05, 3.63) is 23.6 Å². The molecule has 0 saturated heterocycles. The molecule has 2 atom stereocenters. The fourth-order valence-electron chi connectivity index (χ4n) is 2.28. The van der Waals surface area contributed by atoms with Crippen LogP contribution in [0, 0.1) is 5.82 Å². The van der Waals surface area contributed by atoms with Gasteiger partial charge in [-0.15, -0.1) is 0 Å². The molecule has 0 spiro atoms. The number of pyridine rings is 1. The van der Waals surface area contributed by atoms with Crippen molar-refractivity contribution >= 4 is 11.7 Å². The van der Waals surface area contributed by atoms with Gasteiger partial charge in [0.15, 0.2) is 11.6 Å². The zero-order chi connectivity index (χ0) is 13.8. The predicted molar refractivity (Wildman–Crippen MR) is 65.5 cm³/mol. The van der Waals surface area contributed by atoms with Crippen LogP contribution >= 0.6 is 0 Å². The number of halogens is 1. The van der Waals surface area contributed by atoms with Crippen molar-refractivity contribution in [3.63, 3.8) is 0 Å². The SMILES string of the molecule is CO[C@H]1CCC[C@@H]1Nc1ncc(C(=O)NO)cc1F. The minimum absolute atomic E-state index is 0.0181. The van der Waals surface area contributed by atoms with E-state index >= 15 is 0 Å². The zero-order valence-corrected chi connectivity index (χ0v) is 10.5. The first-order valence-corrected chi connectivity index (χ1v) is 6.05. The molecule has 104 valence electrons. The van der Waals surface area contributed by atoms with E-state index in [1.54, 1.807) is 7.11 Å². The van der Waals surface area contributed by atoms with Gasteiger partial charge in [-0.1, -0.05) is 0 Å². The van der Waals surface area contributed by atoms with Gasteiger partial charge in [0.05, 0.1) is 17.7 Å². The van der Waals surface area contributed by atoms with Crippen molar-refractivity contribution < 1.29 is 19.1 Å². The number of ether oxygens (including phenoxy) is 1. The van der Waals surface area contributed by atoms with Crippen molar-refractivity contribution in [2.24, 2.45) is 0 Å². The van der Waals surface area contributed by atoms with Crippen LogP contribution in [-0.4, -0.2) is 35.4 Å². The Balaban J connectivity index is 2.11. The van der Waals surface area contributed by atoms with Crippen LogP contribution in [0.5, 0.6) is 0 Å². The summed E-state index contributed by atoms with van der Waals surface area (Å²) in [7, 11) is 1.63. The Morgan fingerprint density at radius 2 is 2.37 bits per heavy atom. The Hall–Kier alpha value is -1.73. The fraction of sp³-hybridized carbons (Fsp3) is 0.500. The zero-order valence-electron chi connectivity index (χ0n) is 10.5. The molecule has 19 heavy (non-hydrogen) atoms. The topological polar surface area (TPSA) is 83.5 Å². The van der Waals surface area contributed by atoms with E-state index < -0.39 is 11.7 Å². The molecule has 0 aromatic carbocycles. The molecule has 1 aromatic rings. The summed E-state index contributed by atoms with van der Waals surface area (Å²) in [6, 6.07) is 1.04. The Bertz CT molecular complexity index is 470. The maximum absolute atomic E-state index is 13.8. The monoisotopic (exact) mass is 269 g/mol. The number of methoxy groups -OCH3 is 1. The summed E-state index contributed by atoms with van der Waals surface area (Å²) in [6.07, 6.45) is 4.08. The summed E-state index contributed by atoms with van der Waals surface area (Å²) in [4.78, 5) is 15.0. The van der Waals surface area contributed by atoms with E-state index in [2.05, 4.69) is 10.3 Å². The number of hydroxylamine groups is 1. The number of aromatic nitrogens is 1. The maximum atomic E-state index is 13.8. The number of carbonyl (C=O) groups is 1. The van der Waals surface area contributed by atoms with E-state index in [4.69, 9.17) is 9.94 Å². The third-order valence-corrected chi connectivity index (χ3v) is 3.28. The highest BCUT2D eigenvalue weighted by atomic mass is 19.1. The van der Waals surface area contributed by atoms with Crippen molar-refractivity contribution in [3.8, 4) is 0 Å². The number of anilines is 1. The van der Waals surface area contributed by atoms with Crippen LogP contribution in [0.3, 0.4) is 0 Å². The molecule has 0 aliphatic heterocycles. The van der Waals surface area contributed by atoms with E-state index in [1.165, 1.54) is 11.7 Å². The normalized spacial score (nSPS) is 22.3. The standard InChI is InChI=1S/C12H16FN3O3/c1-19-10-4-2-3-9(10)15-11-8(13)5-7(6-14-11)12(17)16-18/h5-6,9-10,18H,2-4H2,1H3,(H,14,15)(H,16,17)/t9-,10-/m0/s1. The van der Waals surface area contributed by atoms with Crippen LogP contribution in [0.25, 0.3) is 0 Å². The van der Waals surface area contributed by atoms with Gasteiger partial charge in [-0.2, -0.15) is 0 Å². The highest BCUT2D eigenvalue weighted by Gasteiger charge is 2.28. The lowest BCUT2D eigenvalue weighted by molar-refractivity contribution is 0.0705. The molecule has 1 amide bonds. The molecule has 1 aliphatic rings. The lowest BCUT2D eigenvalue weighted by Gasteiger charge is -2.20. The summed E-state index contributed by atoms with van der Waals surface area (Å²) in [5.74, 6) is -1.35. The van der Waals surface area contributed by atoms with Gasteiger partial charge < -0.3 is 10.1 Å². The summed E-state index contributed by atoms with van der Waals surface area (Å²) >= 11 is 0. The number of nitrogens with zero attached hydrogens (tertiary/aromatic N) is 1. The van der Waals surface area contributed by atoms with Crippen LogP contribution in [0.4, 0.5) is 10.2 Å². The van der Waals surface area contributed by atoms with E-state index in [9.17, 15) is 9.18 Å². The van der Waals surface area contributed by atoms with Gasteiger partial charge in [0.25, 0.3) is 5.91 Å². The van der Waals surface area contributed by atoms with E-state index in [0.717, 1.165) is 25.3 Å². The molecule has 1 heterocycles. The Morgan fingerprint density at radius 3 is 3.00 bits per heavy atom. The lowest BCUT2D eigenvalue weighted by Crippen LogP contribution is -2.30. The summed E-state index contributed by atoms with van der Waals surface area (Å²) in [5.41, 5.74) is 1.39. The smallest absolute Gasteiger partial charge is 0.276 e. The molecular formula is C12H16FN3O3. The molecule has 3 N–H and O–H groups in total. The molecule has 1 saturated carbocycles. The molecule has 0 bridgehead atoms. The first-order valence-electron chi connectivity index (χ1n) is 6.05. The molecule has 7 heteroatoms. The van der Waals surface area contributed by atoms with Crippen LogP contribution in [-0.2, 0) is 4.74 Å². The van der Waals surface area contributed by atoms with Crippen LogP contribution in [0.1, 0.15) is 29.6 Å². The van der Waals surface area contributed by atoms with Gasteiger partial charge >= 0.3 is 0 Å². The molecule has 1 fully saturated rings. The van der Waals surface area contributed by atoms with Gasteiger partial charge in [0, 0.05) is 13.3 Å². The van der Waals surface area contributed by atoms with Gasteiger partial charge in [-0.25, -0.2) is 14.9 Å². The summed E-state index contributed by atoms with van der Waals surface area (Å²) in [6.45, 7) is 0. The minimum atomic E-state index is -0.798. The largest absolute Gasteiger partial charge is 0.379 e. The van der Waals surface area contributed by atoms with Gasteiger partial charge in [0.1, 0.15) is 0 Å². The van der Waals surface area contributed by atoms with E-state index in [0.29, 0.717) is 0 Å². The first-order chi connectivity index (χ1) is 9.15. The number of hydrogen-bond donors (Lipinski definition) is 3. The molecule has 1 aromatic heterocycles. The van der Waals surface area contributed by atoms with Gasteiger partial charge in [-0.3, -0.25) is 10.0 Å². The molecule has 0 radical (unpaired) electrons. The van der Waals surface area contributed by atoms with Gasteiger partial charge in [-0.05, 0) is 25.3 Å². The lowest BCUT2D eigenvalue weighted by atomic mass is 10.2. The number of hydrogen-bond acceptors (Lipinski definition) is 5. The van der Waals surface area contributed by atoms with Gasteiger partial charge in [0.2, 0.25) is 0 Å². The predicted octanol–water partition coefficient (Wildman–Crippen LogP) is 1.32. The third kappa shape index (κ3) is 2.99. The van der Waals surface area contributed by atoms with Crippen molar-refractivity contribution in [2.75, 3.05) is 12.4 Å². The second-order valence-electron chi connectivity index (χ2n) is 4.45. The van der Waals surface area contributed by atoms with Crippen LogP contribution in [0.15, 0.2) is 12.3 Å². The summed E-state index contributed by atoms with van der Waals surface area (Å²) < 4.78 is 19.1. The van der Waals surface area contributed by atoms with E-state index in [-0.39, 0.29) is 23.5 Å². The van der Waals surface area contributed by atoms with Crippen LogP contribution < -0.4 is 10.8 Å².